The first-order chi connectivity index (χ1) is 11.5. The summed E-state index contributed by atoms with van der Waals surface area (Å²) in [7, 11) is 0. The van der Waals surface area contributed by atoms with Crippen molar-refractivity contribution in [1.82, 2.24) is 10.6 Å². The highest BCUT2D eigenvalue weighted by Gasteiger charge is 2.20. The van der Waals surface area contributed by atoms with Crippen LogP contribution in [0.1, 0.15) is 32.6 Å². The van der Waals surface area contributed by atoms with Crippen molar-refractivity contribution in [2.75, 3.05) is 18.5 Å². The minimum atomic E-state index is -0.229. The highest BCUT2D eigenvalue weighted by atomic mass is 16.5. The third kappa shape index (κ3) is 6.45. The molecule has 1 aromatic rings. The molecule has 132 valence electrons. The average Bonchev–Trinajstić information content (AvgIpc) is 2.53. The Hall–Kier alpha value is -2.28. The van der Waals surface area contributed by atoms with Gasteiger partial charge in [0.25, 0.3) is 0 Å². The van der Waals surface area contributed by atoms with E-state index in [9.17, 15) is 14.7 Å². The number of rotatable bonds is 6. The van der Waals surface area contributed by atoms with E-state index >= 15 is 0 Å². The van der Waals surface area contributed by atoms with Crippen molar-refractivity contribution in [3.63, 3.8) is 0 Å². The van der Waals surface area contributed by atoms with Gasteiger partial charge in [-0.1, -0.05) is 6.07 Å². The van der Waals surface area contributed by atoms with E-state index in [4.69, 9.17) is 4.74 Å². The highest BCUT2D eigenvalue weighted by Crippen LogP contribution is 2.18. The summed E-state index contributed by atoms with van der Waals surface area (Å²) in [4.78, 5) is 22.8. The lowest BCUT2D eigenvalue weighted by Gasteiger charge is -2.26. The molecule has 1 aliphatic rings. The Morgan fingerprint density at radius 3 is 2.71 bits per heavy atom. The zero-order valence-corrected chi connectivity index (χ0v) is 13.9. The Balaban J connectivity index is 1.63. The molecule has 2 rings (SSSR count). The maximum Gasteiger partial charge on any atom is 0.315 e. The zero-order valence-electron chi connectivity index (χ0n) is 13.9. The summed E-state index contributed by atoms with van der Waals surface area (Å²) in [5.41, 5.74) is 0.671. The first-order valence-electron chi connectivity index (χ1n) is 8.26. The highest BCUT2D eigenvalue weighted by molar-refractivity contribution is 5.88. The van der Waals surface area contributed by atoms with E-state index in [2.05, 4.69) is 16.0 Å². The van der Waals surface area contributed by atoms with Gasteiger partial charge in [0, 0.05) is 24.7 Å². The third-order valence-electron chi connectivity index (χ3n) is 3.84. The topological polar surface area (TPSA) is 99.7 Å². The molecule has 1 fully saturated rings. The van der Waals surface area contributed by atoms with Gasteiger partial charge in [-0.3, -0.25) is 4.79 Å². The molecule has 1 saturated carbocycles. The van der Waals surface area contributed by atoms with E-state index in [-0.39, 0.29) is 24.1 Å². The molecule has 0 radical (unpaired) electrons. The number of hydrogen-bond acceptors (Lipinski definition) is 4. The third-order valence-corrected chi connectivity index (χ3v) is 3.84. The van der Waals surface area contributed by atoms with Crippen LogP contribution in [-0.4, -0.2) is 42.3 Å². The van der Waals surface area contributed by atoms with Gasteiger partial charge in [-0.2, -0.15) is 0 Å². The SMILES string of the molecule is CC(=O)Nc1cccc(OCCNC(=O)NC2CCC(O)CC2)c1. The lowest BCUT2D eigenvalue weighted by atomic mass is 9.93. The maximum atomic E-state index is 11.8. The zero-order chi connectivity index (χ0) is 17.4. The van der Waals surface area contributed by atoms with Crippen LogP contribution in [0.2, 0.25) is 0 Å². The van der Waals surface area contributed by atoms with Crippen molar-refractivity contribution >= 4 is 17.6 Å². The van der Waals surface area contributed by atoms with E-state index in [0.717, 1.165) is 25.7 Å². The van der Waals surface area contributed by atoms with Gasteiger partial charge >= 0.3 is 6.03 Å². The van der Waals surface area contributed by atoms with Crippen molar-refractivity contribution in [2.24, 2.45) is 0 Å². The van der Waals surface area contributed by atoms with Crippen molar-refractivity contribution in [2.45, 2.75) is 44.8 Å². The van der Waals surface area contributed by atoms with Gasteiger partial charge < -0.3 is 25.8 Å². The van der Waals surface area contributed by atoms with Gasteiger partial charge in [0.2, 0.25) is 5.91 Å². The van der Waals surface area contributed by atoms with Crippen LogP contribution in [-0.2, 0) is 4.79 Å². The van der Waals surface area contributed by atoms with Crippen LogP contribution in [0.3, 0.4) is 0 Å². The summed E-state index contributed by atoms with van der Waals surface area (Å²) >= 11 is 0. The largest absolute Gasteiger partial charge is 0.492 e. The number of benzene rings is 1. The van der Waals surface area contributed by atoms with Crippen LogP contribution >= 0.6 is 0 Å². The van der Waals surface area contributed by atoms with Crippen LogP contribution in [0.5, 0.6) is 5.75 Å². The van der Waals surface area contributed by atoms with Gasteiger partial charge in [0.15, 0.2) is 0 Å². The van der Waals surface area contributed by atoms with Gasteiger partial charge in [-0.05, 0) is 37.8 Å². The number of amides is 3. The van der Waals surface area contributed by atoms with Gasteiger partial charge in [0.05, 0.1) is 12.6 Å². The molecule has 1 aliphatic carbocycles. The lowest BCUT2D eigenvalue weighted by Crippen LogP contribution is -2.45. The number of aliphatic hydroxyl groups is 1. The van der Waals surface area contributed by atoms with Gasteiger partial charge in [0.1, 0.15) is 12.4 Å². The van der Waals surface area contributed by atoms with Crippen LogP contribution in [0, 0.1) is 0 Å². The average molecular weight is 335 g/mol. The van der Waals surface area contributed by atoms with E-state index in [1.165, 1.54) is 6.92 Å². The fraction of sp³-hybridized carbons (Fsp3) is 0.529. The minimum Gasteiger partial charge on any atom is -0.492 e. The Labute approximate surface area is 141 Å². The van der Waals surface area contributed by atoms with Crippen molar-refractivity contribution in [3.05, 3.63) is 24.3 Å². The molecule has 0 atom stereocenters. The van der Waals surface area contributed by atoms with Crippen molar-refractivity contribution < 1.29 is 19.4 Å². The number of urea groups is 1. The van der Waals surface area contributed by atoms with Crippen molar-refractivity contribution in [1.29, 1.82) is 0 Å². The number of anilines is 1. The monoisotopic (exact) mass is 335 g/mol. The number of nitrogens with one attached hydrogen (secondary N) is 3. The molecule has 0 saturated heterocycles. The summed E-state index contributed by atoms with van der Waals surface area (Å²) in [6.07, 6.45) is 2.85. The molecule has 1 aromatic carbocycles. The van der Waals surface area contributed by atoms with Crippen LogP contribution < -0.4 is 20.7 Å². The second-order valence-corrected chi connectivity index (χ2v) is 5.96. The quantitative estimate of drug-likeness (QED) is 0.594. The minimum absolute atomic E-state index is 0.128. The predicted octanol–water partition coefficient (Wildman–Crippen LogP) is 1.63. The normalized spacial score (nSPS) is 20.1. The number of ether oxygens (including phenoxy) is 1. The predicted molar refractivity (Wildman–Crippen MR) is 91.0 cm³/mol. The molecule has 3 amide bonds. The second kappa shape index (κ2) is 9.12. The number of carbonyl (C=O) groups is 2. The van der Waals surface area contributed by atoms with E-state index in [1.807, 2.05) is 0 Å². The number of hydrogen-bond donors (Lipinski definition) is 4. The summed E-state index contributed by atoms with van der Waals surface area (Å²) < 4.78 is 5.56. The van der Waals surface area contributed by atoms with E-state index in [1.54, 1.807) is 24.3 Å². The standard InChI is InChI=1S/C17H25N3O4/c1-12(21)19-14-3-2-4-16(11-14)24-10-9-18-17(23)20-13-5-7-15(22)8-6-13/h2-4,11,13,15,22H,5-10H2,1H3,(H,19,21)(H2,18,20,23). The number of carbonyl (C=O) groups excluding carboxylic acids is 2. The maximum absolute atomic E-state index is 11.8. The molecule has 0 unspecified atom stereocenters. The molecule has 24 heavy (non-hydrogen) atoms. The van der Waals surface area contributed by atoms with Crippen LogP contribution in [0.15, 0.2) is 24.3 Å². The molecule has 0 spiro atoms. The Morgan fingerprint density at radius 1 is 1.25 bits per heavy atom. The molecule has 7 nitrogen and oxygen atoms in total. The molecular formula is C17H25N3O4. The van der Waals surface area contributed by atoms with Crippen LogP contribution in [0.4, 0.5) is 10.5 Å². The fourth-order valence-corrected chi connectivity index (χ4v) is 2.66. The van der Waals surface area contributed by atoms with Gasteiger partial charge in [-0.15, -0.1) is 0 Å². The first kappa shape index (κ1) is 18.1. The molecule has 7 heteroatoms. The molecule has 0 heterocycles. The molecule has 0 bridgehead atoms. The van der Waals surface area contributed by atoms with E-state index < -0.39 is 0 Å². The molecule has 0 aromatic heterocycles. The lowest BCUT2D eigenvalue weighted by molar-refractivity contribution is -0.114. The molecule has 4 N–H and O–H groups in total. The Morgan fingerprint density at radius 2 is 2.00 bits per heavy atom. The molecule has 0 aliphatic heterocycles. The van der Waals surface area contributed by atoms with Crippen LogP contribution in [0.25, 0.3) is 0 Å². The first-order valence-corrected chi connectivity index (χ1v) is 8.26. The molecular weight excluding hydrogens is 310 g/mol. The van der Waals surface area contributed by atoms with Gasteiger partial charge in [-0.25, -0.2) is 4.79 Å². The Kier molecular flexibility index (Phi) is 6.87. The summed E-state index contributed by atoms with van der Waals surface area (Å²) in [5, 5.41) is 17.8. The summed E-state index contributed by atoms with van der Waals surface area (Å²) in [6, 6.07) is 7.00. The second-order valence-electron chi connectivity index (χ2n) is 5.96. The number of aliphatic hydroxyl groups excluding tert-OH is 1. The summed E-state index contributed by atoms with van der Waals surface area (Å²) in [6.45, 7) is 2.16. The summed E-state index contributed by atoms with van der Waals surface area (Å²) in [5.74, 6) is 0.491. The fourth-order valence-electron chi connectivity index (χ4n) is 2.66. The van der Waals surface area contributed by atoms with E-state index in [0.29, 0.717) is 24.6 Å². The van der Waals surface area contributed by atoms with Crippen molar-refractivity contribution in [3.8, 4) is 5.75 Å². The Bertz CT molecular complexity index is 557. The smallest absolute Gasteiger partial charge is 0.315 e.